The van der Waals surface area contributed by atoms with Crippen LogP contribution in [0.15, 0.2) is 4.90 Å². The largest absolute Gasteiger partial charge is 0.382 e. The fraction of sp³-hybridized carbons (Fsp3) is 0.727. The van der Waals surface area contributed by atoms with Crippen LogP contribution >= 0.6 is 23.3 Å². The van der Waals surface area contributed by atoms with E-state index >= 15 is 0 Å². The standard InChI is InChI=1S/C11H18N4S2/c1-16-9-10(12)14-17-11(9)13-7-4-5-15(6-7)8-2-3-8/h7-8,13H,2-6H2,1H3,(H2,12,14). The second-order valence-corrected chi connectivity index (χ2v) is 6.38. The van der Waals surface area contributed by atoms with Crippen molar-refractivity contribution in [2.24, 2.45) is 0 Å². The molecule has 4 nitrogen and oxygen atoms in total. The van der Waals surface area contributed by atoms with E-state index in [1.807, 2.05) is 0 Å². The Morgan fingerprint density at radius 1 is 1.47 bits per heavy atom. The number of rotatable bonds is 4. The van der Waals surface area contributed by atoms with Crippen LogP contribution in [-0.2, 0) is 0 Å². The third-order valence-electron chi connectivity index (χ3n) is 3.50. The van der Waals surface area contributed by atoms with Gasteiger partial charge in [0.15, 0.2) is 5.82 Å². The van der Waals surface area contributed by atoms with E-state index in [1.165, 1.54) is 43.9 Å². The monoisotopic (exact) mass is 270 g/mol. The lowest BCUT2D eigenvalue weighted by molar-refractivity contribution is 0.326. The van der Waals surface area contributed by atoms with Crippen LogP contribution in [0.3, 0.4) is 0 Å². The molecule has 2 fully saturated rings. The van der Waals surface area contributed by atoms with Crippen molar-refractivity contribution in [1.82, 2.24) is 9.27 Å². The van der Waals surface area contributed by atoms with Crippen molar-refractivity contribution in [3.63, 3.8) is 0 Å². The molecule has 1 saturated carbocycles. The first kappa shape index (κ1) is 11.6. The Hall–Kier alpha value is -0.460. The summed E-state index contributed by atoms with van der Waals surface area (Å²) in [5.74, 6) is 0.669. The van der Waals surface area contributed by atoms with Gasteiger partial charge in [-0.15, -0.1) is 11.8 Å². The minimum absolute atomic E-state index is 0.571. The number of hydrogen-bond acceptors (Lipinski definition) is 6. The van der Waals surface area contributed by atoms with E-state index in [2.05, 4.69) is 20.8 Å². The van der Waals surface area contributed by atoms with Crippen molar-refractivity contribution in [2.45, 2.75) is 36.2 Å². The molecule has 1 aromatic heterocycles. The van der Waals surface area contributed by atoms with Crippen LogP contribution in [0.1, 0.15) is 19.3 Å². The van der Waals surface area contributed by atoms with E-state index in [0.29, 0.717) is 11.9 Å². The summed E-state index contributed by atoms with van der Waals surface area (Å²) >= 11 is 3.17. The predicted molar refractivity (Wildman–Crippen MR) is 74.9 cm³/mol. The third-order valence-corrected chi connectivity index (χ3v) is 5.24. The molecule has 2 aliphatic rings. The van der Waals surface area contributed by atoms with Gasteiger partial charge in [-0.2, -0.15) is 4.37 Å². The summed E-state index contributed by atoms with van der Waals surface area (Å²) < 4.78 is 4.22. The zero-order valence-corrected chi connectivity index (χ0v) is 11.6. The zero-order chi connectivity index (χ0) is 11.8. The maximum absolute atomic E-state index is 5.84. The fourth-order valence-electron chi connectivity index (χ4n) is 2.45. The molecule has 1 aliphatic carbocycles. The number of nitrogens with one attached hydrogen (secondary N) is 1. The maximum Gasteiger partial charge on any atom is 0.153 e. The smallest absolute Gasteiger partial charge is 0.153 e. The molecule has 1 unspecified atom stereocenters. The average Bonchev–Trinajstić information content (AvgIpc) is 2.98. The normalized spacial score (nSPS) is 25.4. The second kappa shape index (κ2) is 4.66. The van der Waals surface area contributed by atoms with Gasteiger partial charge in [0.1, 0.15) is 5.00 Å². The number of nitrogens with zero attached hydrogens (tertiary/aromatic N) is 2. The van der Waals surface area contributed by atoms with E-state index in [0.717, 1.165) is 15.9 Å². The number of anilines is 2. The highest BCUT2D eigenvalue weighted by molar-refractivity contribution is 7.99. The summed E-state index contributed by atoms with van der Waals surface area (Å²) in [6, 6.07) is 1.45. The highest BCUT2D eigenvalue weighted by Gasteiger charge is 2.34. The van der Waals surface area contributed by atoms with Crippen LogP contribution < -0.4 is 11.1 Å². The lowest BCUT2D eigenvalue weighted by Gasteiger charge is -2.16. The van der Waals surface area contributed by atoms with E-state index in [9.17, 15) is 0 Å². The van der Waals surface area contributed by atoms with E-state index in [-0.39, 0.29) is 0 Å². The first-order valence-corrected chi connectivity index (χ1v) is 8.07. The number of thioether (sulfide) groups is 1. The molecule has 0 bridgehead atoms. The minimum atomic E-state index is 0.571. The number of nitrogens with two attached hydrogens (primary N) is 1. The van der Waals surface area contributed by atoms with Gasteiger partial charge in [0, 0.05) is 25.2 Å². The number of likely N-dealkylation sites (tertiary alicyclic amines) is 1. The first-order valence-electron chi connectivity index (χ1n) is 6.07. The Bertz CT molecular complexity index is 402. The van der Waals surface area contributed by atoms with Gasteiger partial charge in [-0.25, -0.2) is 0 Å². The predicted octanol–water partition coefficient (Wildman–Crippen LogP) is 2.10. The van der Waals surface area contributed by atoms with Gasteiger partial charge in [0.2, 0.25) is 0 Å². The Kier molecular flexibility index (Phi) is 3.19. The Morgan fingerprint density at radius 2 is 2.29 bits per heavy atom. The molecule has 3 rings (SSSR count). The molecule has 0 amide bonds. The van der Waals surface area contributed by atoms with E-state index < -0.39 is 0 Å². The molecule has 0 spiro atoms. The van der Waals surface area contributed by atoms with Crippen molar-refractivity contribution in [1.29, 1.82) is 0 Å². The molecule has 1 aliphatic heterocycles. The van der Waals surface area contributed by atoms with Crippen molar-refractivity contribution in [2.75, 3.05) is 30.4 Å². The summed E-state index contributed by atoms with van der Waals surface area (Å²) in [6.45, 7) is 2.42. The molecular weight excluding hydrogens is 252 g/mol. The van der Waals surface area contributed by atoms with Gasteiger partial charge in [-0.1, -0.05) is 0 Å². The van der Waals surface area contributed by atoms with E-state index in [4.69, 9.17) is 5.73 Å². The van der Waals surface area contributed by atoms with Crippen molar-refractivity contribution >= 4 is 34.1 Å². The van der Waals surface area contributed by atoms with Crippen LogP contribution in [0.4, 0.5) is 10.8 Å². The summed E-state index contributed by atoms with van der Waals surface area (Å²) in [7, 11) is 0. The van der Waals surface area contributed by atoms with Gasteiger partial charge in [-0.3, -0.25) is 4.90 Å². The van der Waals surface area contributed by atoms with E-state index in [1.54, 1.807) is 11.8 Å². The quantitative estimate of drug-likeness (QED) is 0.821. The molecule has 3 N–H and O–H groups in total. The Labute approximate surface area is 110 Å². The topological polar surface area (TPSA) is 54.2 Å². The Balaban J connectivity index is 1.62. The first-order chi connectivity index (χ1) is 8.28. The molecule has 1 atom stereocenters. The highest BCUT2D eigenvalue weighted by atomic mass is 32.2. The molecule has 0 radical (unpaired) electrons. The number of hydrogen-bond donors (Lipinski definition) is 2. The zero-order valence-electron chi connectivity index (χ0n) is 9.98. The summed E-state index contributed by atoms with van der Waals surface area (Å²) in [5.41, 5.74) is 5.84. The maximum atomic E-state index is 5.84. The summed E-state index contributed by atoms with van der Waals surface area (Å²) in [6.07, 6.45) is 6.09. The lowest BCUT2D eigenvalue weighted by atomic mass is 10.3. The second-order valence-electron chi connectivity index (χ2n) is 4.79. The molecule has 1 saturated heterocycles. The SMILES string of the molecule is CSc1c(N)nsc1NC1CCN(C2CC2)C1. The van der Waals surface area contributed by atoms with Crippen molar-refractivity contribution in [3.05, 3.63) is 0 Å². The molecular formula is C11H18N4S2. The number of aromatic nitrogens is 1. The van der Waals surface area contributed by atoms with Gasteiger partial charge in [0.25, 0.3) is 0 Å². The van der Waals surface area contributed by atoms with Crippen LogP contribution in [0.2, 0.25) is 0 Å². The minimum Gasteiger partial charge on any atom is -0.382 e. The average molecular weight is 270 g/mol. The van der Waals surface area contributed by atoms with Gasteiger partial charge in [0.05, 0.1) is 4.90 Å². The molecule has 0 aromatic carbocycles. The molecule has 94 valence electrons. The summed E-state index contributed by atoms with van der Waals surface area (Å²) in [5, 5.41) is 4.76. The van der Waals surface area contributed by atoms with Gasteiger partial charge in [-0.05, 0) is 37.1 Å². The van der Waals surface area contributed by atoms with Crippen LogP contribution in [-0.4, -0.2) is 40.7 Å². The fourth-order valence-corrected chi connectivity index (χ4v) is 4.05. The van der Waals surface area contributed by atoms with Crippen molar-refractivity contribution < 1.29 is 0 Å². The summed E-state index contributed by atoms with van der Waals surface area (Å²) in [4.78, 5) is 3.72. The van der Waals surface area contributed by atoms with Crippen LogP contribution in [0.5, 0.6) is 0 Å². The molecule has 17 heavy (non-hydrogen) atoms. The number of nitrogen functional groups attached to an aromatic ring is 1. The van der Waals surface area contributed by atoms with Crippen LogP contribution in [0.25, 0.3) is 0 Å². The molecule has 2 heterocycles. The Morgan fingerprint density at radius 3 is 3.00 bits per heavy atom. The van der Waals surface area contributed by atoms with Gasteiger partial charge < -0.3 is 11.1 Å². The lowest BCUT2D eigenvalue weighted by Crippen LogP contribution is -2.27. The van der Waals surface area contributed by atoms with Crippen LogP contribution in [0, 0.1) is 0 Å². The van der Waals surface area contributed by atoms with Gasteiger partial charge >= 0.3 is 0 Å². The molecule has 6 heteroatoms. The highest BCUT2D eigenvalue weighted by Crippen LogP contribution is 2.36. The third kappa shape index (κ3) is 2.39. The molecule has 1 aromatic rings. The van der Waals surface area contributed by atoms with Crippen molar-refractivity contribution in [3.8, 4) is 0 Å².